The lowest BCUT2D eigenvalue weighted by Gasteiger charge is -2.15. The summed E-state index contributed by atoms with van der Waals surface area (Å²) in [6.07, 6.45) is 0.232. The third-order valence-electron chi connectivity index (χ3n) is 4.80. The van der Waals surface area contributed by atoms with Crippen LogP contribution in [0.2, 0.25) is 0 Å². The minimum atomic E-state index is -0.822. The zero-order valence-corrected chi connectivity index (χ0v) is 18.8. The van der Waals surface area contributed by atoms with Gasteiger partial charge in [0.15, 0.2) is 0 Å². The first-order chi connectivity index (χ1) is 15.2. The number of nitrogens with two attached hydrogens (primary N) is 2. The first-order valence-electron chi connectivity index (χ1n) is 10.2. The summed E-state index contributed by atoms with van der Waals surface area (Å²) < 4.78 is 34.5. The minimum absolute atomic E-state index is 0.0749. The zero-order chi connectivity index (χ0) is 23.3. The van der Waals surface area contributed by atoms with Crippen LogP contribution < -0.4 is 11.5 Å². The Labute approximate surface area is 190 Å². The number of imidazole rings is 1. The number of halogens is 2. The molecule has 1 heterocycles. The van der Waals surface area contributed by atoms with Gasteiger partial charge in [-0.3, -0.25) is 0 Å². The lowest BCUT2D eigenvalue weighted by Crippen LogP contribution is -2.15. The molecule has 3 rings (SSSR count). The van der Waals surface area contributed by atoms with Gasteiger partial charge in [0.05, 0.1) is 18.8 Å². The van der Waals surface area contributed by atoms with Crippen molar-refractivity contribution in [1.82, 2.24) is 9.55 Å². The molecule has 0 spiro atoms. The number of hydrogen-bond acceptors (Lipinski definition) is 5. The largest absolute Gasteiger partial charge is 0.450 e. The maximum atomic E-state index is 13.8. The molecular weight excluding hydrogens is 434 g/mol. The normalized spacial score (nSPS) is 11.2. The van der Waals surface area contributed by atoms with Gasteiger partial charge in [0.25, 0.3) is 0 Å². The molecule has 0 aliphatic rings. The Balaban J connectivity index is 2.02. The number of carbonyl (C=O) groups is 1. The van der Waals surface area contributed by atoms with Gasteiger partial charge in [0, 0.05) is 23.1 Å². The second-order valence-electron chi connectivity index (χ2n) is 7.64. The SMILES string of the molecule is CC(C)c1nc(CCCOC(N)=O)n(Cc2ccccc2N)c1Sc1cc(F)cc(F)c1. The number of ether oxygens (including phenoxy) is 1. The molecule has 0 aliphatic heterocycles. The smallest absolute Gasteiger partial charge is 0.404 e. The van der Waals surface area contributed by atoms with Crippen LogP contribution in [0, 0.1) is 11.6 Å². The Morgan fingerprint density at radius 1 is 1.19 bits per heavy atom. The number of benzene rings is 2. The quantitative estimate of drug-likeness (QED) is 0.342. The molecule has 1 amide bonds. The van der Waals surface area contributed by atoms with Gasteiger partial charge in [-0.05, 0) is 36.1 Å². The van der Waals surface area contributed by atoms with Gasteiger partial charge in [-0.2, -0.15) is 0 Å². The van der Waals surface area contributed by atoms with Crippen molar-refractivity contribution in [3.63, 3.8) is 0 Å². The molecule has 1 aromatic heterocycles. The molecule has 32 heavy (non-hydrogen) atoms. The molecule has 4 N–H and O–H groups in total. The van der Waals surface area contributed by atoms with Gasteiger partial charge in [0.1, 0.15) is 22.5 Å². The molecule has 6 nitrogen and oxygen atoms in total. The van der Waals surface area contributed by atoms with E-state index < -0.39 is 17.7 Å². The van der Waals surface area contributed by atoms with E-state index in [4.69, 9.17) is 21.2 Å². The van der Waals surface area contributed by atoms with Gasteiger partial charge in [-0.1, -0.05) is 43.8 Å². The molecule has 0 aliphatic carbocycles. The first-order valence-corrected chi connectivity index (χ1v) is 11.0. The Hall–Kier alpha value is -3.07. The van der Waals surface area contributed by atoms with Crippen molar-refractivity contribution in [2.45, 2.75) is 49.1 Å². The number of aromatic nitrogens is 2. The molecule has 2 aromatic carbocycles. The van der Waals surface area contributed by atoms with Gasteiger partial charge < -0.3 is 20.8 Å². The fourth-order valence-corrected chi connectivity index (χ4v) is 4.52. The molecule has 0 fully saturated rings. The van der Waals surface area contributed by atoms with Crippen LogP contribution in [0.4, 0.5) is 19.3 Å². The first kappa shape index (κ1) is 23.6. The highest BCUT2D eigenvalue weighted by Crippen LogP contribution is 2.36. The summed E-state index contributed by atoms with van der Waals surface area (Å²) in [5.41, 5.74) is 13.6. The van der Waals surface area contributed by atoms with Crippen molar-refractivity contribution in [1.29, 1.82) is 0 Å². The van der Waals surface area contributed by atoms with E-state index in [0.717, 1.165) is 28.2 Å². The monoisotopic (exact) mass is 460 g/mol. The molecule has 0 unspecified atom stereocenters. The van der Waals surface area contributed by atoms with E-state index in [2.05, 4.69) is 0 Å². The van der Waals surface area contributed by atoms with Crippen LogP contribution in [0.5, 0.6) is 0 Å². The summed E-state index contributed by atoms with van der Waals surface area (Å²) in [6, 6.07) is 11.0. The molecule has 0 saturated carbocycles. The van der Waals surface area contributed by atoms with Gasteiger partial charge in [-0.25, -0.2) is 18.6 Å². The maximum Gasteiger partial charge on any atom is 0.404 e. The number of nitrogens with zero attached hydrogens (tertiary/aromatic N) is 2. The summed E-state index contributed by atoms with van der Waals surface area (Å²) in [5, 5.41) is 0.791. The third-order valence-corrected chi connectivity index (χ3v) is 5.89. The average Bonchev–Trinajstić information content (AvgIpc) is 3.03. The fourth-order valence-electron chi connectivity index (χ4n) is 3.29. The van der Waals surface area contributed by atoms with Crippen molar-refractivity contribution in [3.8, 4) is 0 Å². The highest BCUT2D eigenvalue weighted by Gasteiger charge is 2.21. The summed E-state index contributed by atoms with van der Waals surface area (Å²) in [5.74, 6) is -0.433. The second-order valence-corrected chi connectivity index (χ2v) is 8.70. The Bertz CT molecular complexity index is 1080. The molecule has 3 aromatic rings. The van der Waals surface area contributed by atoms with Crippen LogP contribution in [-0.2, 0) is 17.7 Å². The summed E-state index contributed by atoms with van der Waals surface area (Å²) >= 11 is 1.26. The number of carbonyl (C=O) groups excluding carboxylic acids is 1. The molecule has 9 heteroatoms. The highest BCUT2D eigenvalue weighted by atomic mass is 32.2. The van der Waals surface area contributed by atoms with E-state index in [1.165, 1.54) is 23.9 Å². The topological polar surface area (TPSA) is 96.2 Å². The zero-order valence-electron chi connectivity index (χ0n) is 18.0. The lowest BCUT2D eigenvalue weighted by molar-refractivity contribution is 0.155. The van der Waals surface area contributed by atoms with Gasteiger partial charge in [-0.15, -0.1) is 0 Å². The highest BCUT2D eigenvalue weighted by molar-refractivity contribution is 7.99. The molecule has 0 bridgehead atoms. The van der Waals surface area contributed by atoms with Crippen molar-refractivity contribution in [2.24, 2.45) is 5.73 Å². The van der Waals surface area contributed by atoms with Crippen molar-refractivity contribution < 1.29 is 18.3 Å². The van der Waals surface area contributed by atoms with E-state index >= 15 is 0 Å². The van der Waals surface area contributed by atoms with Gasteiger partial charge in [0.2, 0.25) is 0 Å². The number of nitrogen functional groups attached to an aromatic ring is 1. The average molecular weight is 461 g/mol. The van der Waals surface area contributed by atoms with Gasteiger partial charge >= 0.3 is 6.09 Å². The molecule has 0 saturated heterocycles. The summed E-state index contributed by atoms with van der Waals surface area (Å²) in [7, 11) is 0. The Morgan fingerprint density at radius 3 is 2.50 bits per heavy atom. The van der Waals surface area contributed by atoms with Crippen molar-refractivity contribution >= 4 is 23.5 Å². The lowest BCUT2D eigenvalue weighted by atomic mass is 10.1. The Kier molecular flexibility index (Phi) is 7.74. The van der Waals surface area contributed by atoms with Crippen molar-refractivity contribution in [2.75, 3.05) is 12.3 Å². The number of aryl methyl sites for hydroxylation is 1. The van der Waals surface area contributed by atoms with E-state index in [0.29, 0.717) is 30.0 Å². The van der Waals surface area contributed by atoms with Crippen LogP contribution in [0.15, 0.2) is 52.4 Å². The summed E-state index contributed by atoms with van der Waals surface area (Å²) in [4.78, 5) is 16.1. The Morgan fingerprint density at radius 2 is 1.88 bits per heavy atom. The molecule has 0 atom stereocenters. The van der Waals surface area contributed by atoms with E-state index in [1.807, 2.05) is 42.7 Å². The van der Waals surface area contributed by atoms with E-state index in [1.54, 1.807) is 0 Å². The van der Waals surface area contributed by atoms with Crippen molar-refractivity contribution in [3.05, 3.63) is 71.2 Å². The van der Waals surface area contributed by atoms with E-state index in [-0.39, 0.29) is 12.5 Å². The van der Waals surface area contributed by atoms with Crippen LogP contribution >= 0.6 is 11.8 Å². The number of rotatable bonds is 9. The van der Waals surface area contributed by atoms with Crippen LogP contribution in [0.3, 0.4) is 0 Å². The molecular formula is C23H26F2N4O2S. The maximum absolute atomic E-state index is 13.8. The predicted octanol–water partition coefficient (Wildman–Crippen LogP) is 5.09. The van der Waals surface area contributed by atoms with Crippen LogP contribution in [-0.4, -0.2) is 22.3 Å². The number of hydrogen-bond donors (Lipinski definition) is 2. The number of amides is 1. The minimum Gasteiger partial charge on any atom is -0.450 e. The molecule has 0 radical (unpaired) electrons. The number of para-hydroxylation sites is 1. The fraction of sp³-hybridized carbons (Fsp3) is 0.304. The predicted molar refractivity (Wildman–Crippen MR) is 121 cm³/mol. The number of anilines is 1. The van der Waals surface area contributed by atoms with Crippen LogP contribution in [0.1, 0.15) is 43.3 Å². The molecule has 170 valence electrons. The van der Waals surface area contributed by atoms with E-state index in [9.17, 15) is 13.6 Å². The third kappa shape index (κ3) is 6.00. The number of primary amides is 1. The second kappa shape index (κ2) is 10.5. The summed E-state index contributed by atoms with van der Waals surface area (Å²) in [6.45, 7) is 4.64. The standard InChI is InChI=1S/C23H26F2N4O2S/c1-14(2)21-22(32-18-11-16(24)10-17(25)12-18)29(13-15-6-3-4-7-19(15)26)20(28-21)8-5-9-31-23(27)30/h3-4,6-7,10-12,14H,5,8-9,13,26H2,1-2H3,(H2,27,30). The van der Waals surface area contributed by atoms with Crippen LogP contribution in [0.25, 0.3) is 0 Å².